The zero-order chi connectivity index (χ0) is 21.8. The van der Waals surface area contributed by atoms with E-state index in [1.807, 2.05) is 19.9 Å². The molecule has 2 aromatic heterocycles. The van der Waals surface area contributed by atoms with Gasteiger partial charge >= 0.3 is 0 Å². The minimum Gasteiger partial charge on any atom is -0.382 e. The van der Waals surface area contributed by atoms with Crippen LogP contribution in [-0.4, -0.2) is 53.4 Å². The molecule has 2 saturated heterocycles. The molecule has 0 atom stereocenters. The first-order valence-corrected chi connectivity index (χ1v) is 12.5. The highest BCUT2D eigenvalue weighted by atomic mass is 32.2. The Kier molecular flexibility index (Phi) is 4.85. The van der Waals surface area contributed by atoms with Gasteiger partial charge in [-0.05, 0) is 44.4 Å². The summed E-state index contributed by atoms with van der Waals surface area (Å²) in [5.74, 6) is 0.321. The van der Waals surface area contributed by atoms with Crippen LogP contribution in [0.3, 0.4) is 0 Å². The van der Waals surface area contributed by atoms with Gasteiger partial charge in [-0.25, -0.2) is 28.1 Å². The van der Waals surface area contributed by atoms with Gasteiger partial charge < -0.3 is 10.6 Å². The summed E-state index contributed by atoms with van der Waals surface area (Å²) in [7, 11) is -3.66. The second kappa shape index (κ2) is 7.33. The smallest absolute Gasteiger partial charge is 0.241 e. The molecule has 31 heavy (non-hydrogen) atoms. The molecule has 0 spiro atoms. The van der Waals surface area contributed by atoms with Gasteiger partial charge in [0.2, 0.25) is 10.0 Å². The Hall–Kier alpha value is -2.40. The molecule has 3 aromatic rings. The molecule has 2 bridgehead atoms. The summed E-state index contributed by atoms with van der Waals surface area (Å²) < 4.78 is 29.4. The highest BCUT2D eigenvalue weighted by Crippen LogP contribution is 2.35. The minimum atomic E-state index is -3.66. The van der Waals surface area contributed by atoms with E-state index < -0.39 is 10.0 Å². The maximum Gasteiger partial charge on any atom is 0.241 e. The molecular weight excluding hydrogens is 432 g/mol. The summed E-state index contributed by atoms with van der Waals surface area (Å²) in [4.78, 5) is 16.7. The van der Waals surface area contributed by atoms with E-state index in [9.17, 15) is 8.42 Å². The quantitative estimate of drug-likeness (QED) is 0.606. The predicted octanol–water partition coefficient (Wildman–Crippen LogP) is 2.59. The van der Waals surface area contributed by atoms with Gasteiger partial charge in [-0.15, -0.1) is 11.3 Å². The van der Waals surface area contributed by atoms with Crippen molar-refractivity contribution in [2.45, 2.75) is 37.1 Å². The lowest BCUT2D eigenvalue weighted by molar-refractivity contribution is 0.359. The van der Waals surface area contributed by atoms with Crippen LogP contribution in [0.4, 0.5) is 5.82 Å². The van der Waals surface area contributed by atoms with E-state index in [1.165, 1.54) is 11.3 Å². The molecule has 10 heteroatoms. The molecule has 162 valence electrons. The normalized spacial score (nSPS) is 22.8. The van der Waals surface area contributed by atoms with Crippen molar-refractivity contribution in [3.05, 3.63) is 41.2 Å². The Morgan fingerprint density at radius 3 is 2.58 bits per heavy atom. The summed E-state index contributed by atoms with van der Waals surface area (Å²) in [6.07, 6.45) is 5.02. The SMILES string of the molecule is Cc1ncc(-c2nc(-c3cc(S(=O)(=O)NC45CCN(CC4)C5)ccc3C)cnc2N)s1. The average molecular weight is 457 g/mol. The molecule has 0 saturated carbocycles. The Morgan fingerprint density at radius 2 is 1.94 bits per heavy atom. The maximum absolute atomic E-state index is 13.2. The van der Waals surface area contributed by atoms with E-state index in [4.69, 9.17) is 10.7 Å². The Balaban J connectivity index is 1.52. The van der Waals surface area contributed by atoms with Crippen molar-refractivity contribution in [2.75, 3.05) is 25.4 Å². The number of hydrogen-bond donors (Lipinski definition) is 2. The van der Waals surface area contributed by atoms with Crippen LogP contribution in [0.2, 0.25) is 0 Å². The molecular formula is C21H24N6O2S2. The molecule has 1 aromatic carbocycles. The van der Waals surface area contributed by atoms with Gasteiger partial charge in [-0.1, -0.05) is 6.07 Å². The summed E-state index contributed by atoms with van der Waals surface area (Å²) in [6.45, 7) is 6.52. The van der Waals surface area contributed by atoms with Gasteiger partial charge in [0.25, 0.3) is 0 Å². The number of piperidine rings is 1. The van der Waals surface area contributed by atoms with Crippen molar-refractivity contribution < 1.29 is 8.42 Å². The molecule has 0 amide bonds. The van der Waals surface area contributed by atoms with E-state index in [1.54, 1.807) is 24.5 Å². The maximum atomic E-state index is 13.2. The molecule has 0 aliphatic carbocycles. The lowest BCUT2D eigenvalue weighted by atomic mass is 9.97. The predicted molar refractivity (Wildman–Crippen MR) is 121 cm³/mol. The van der Waals surface area contributed by atoms with Crippen LogP contribution in [0.5, 0.6) is 0 Å². The van der Waals surface area contributed by atoms with Crippen molar-refractivity contribution >= 4 is 27.2 Å². The third-order valence-electron chi connectivity index (χ3n) is 6.14. The number of hydrogen-bond acceptors (Lipinski definition) is 8. The number of nitrogens with one attached hydrogen (secondary N) is 1. The van der Waals surface area contributed by atoms with Gasteiger partial charge in [0, 0.05) is 36.9 Å². The molecule has 5 rings (SSSR count). The summed E-state index contributed by atoms with van der Waals surface area (Å²) in [5.41, 5.74) is 8.49. The van der Waals surface area contributed by atoms with Crippen molar-refractivity contribution in [1.29, 1.82) is 0 Å². The first kappa shape index (κ1) is 20.5. The number of nitrogens with zero attached hydrogens (tertiary/aromatic N) is 4. The molecule has 8 nitrogen and oxygen atoms in total. The van der Waals surface area contributed by atoms with Crippen LogP contribution in [0.1, 0.15) is 23.4 Å². The fourth-order valence-electron chi connectivity index (χ4n) is 4.43. The first-order valence-electron chi connectivity index (χ1n) is 10.2. The summed E-state index contributed by atoms with van der Waals surface area (Å²) in [6, 6.07) is 5.14. The molecule has 0 unspecified atom stereocenters. The van der Waals surface area contributed by atoms with Gasteiger partial charge in [-0.3, -0.25) is 0 Å². The topological polar surface area (TPSA) is 114 Å². The molecule has 2 fully saturated rings. The number of aryl methyl sites for hydroxylation is 2. The van der Waals surface area contributed by atoms with Gasteiger partial charge in [-0.2, -0.15) is 0 Å². The number of fused-ring (bicyclic) bond motifs is 2. The van der Waals surface area contributed by atoms with Gasteiger partial charge in [0.05, 0.1) is 26.7 Å². The molecule has 2 aliphatic rings. The van der Waals surface area contributed by atoms with E-state index in [-0.39, 0.29) is 10.4 Å². The first-order chi connectivity index (χ1) is 14.7. The van der Waals surface area contributed by atoms with Crippen LogP contribution >= 0.6 is 11.3 Å². The molecule has 0 radical (unpaired) electrons. The van der Waals surface area contributed by atoms with E-state index in [0.29, 0.717) is 17.2 Å². The van der Waals surface area contributed by atoms with E-state index in [0.717, 1.165) is 53.5 Å². The summed E-state index contributed by atoms with van der Waals surface area (Å²) >= 11 is 1.49. The number of nitrogens with two attached hydrogens (primary N) is 1. The number of rotatable bonds is 5. The summed E-state index contributed by atoms with van der Waals surface area (Å²) in [5, 5.41) is 0.911. The fraction of sp³-hybridized carbons (Fsp3) is 0.381. The standard InChI is InChI=1S/C21H24N6O2S2/c1-13-3-4-15(31(28,29)26-21-5-7-27(12-21)8-6-21)9-16(13)17-10-24-20(22)19(25-17)18-11-23-14(2)30-18/h3-4,9-11,26H,5-8,12H2,1-2H3,(H2,22,24). The number of nitrogen functional groups attached to an aromatic ring is 1. The lowest BCUT2D eigenvalue weighted by Crippen LogP contribution is -2.47. The highest BCUT2D eigenvalue weighted by Gasteiger charge is 2.46. The number of thiazole rings is 1. The van der Waals surface area contributed by atoms with E-state index >= 15 is 0 Å². The van der Waals surface area contributed by atoms with Crippen molar-refractivity contribution in [3.63, 3.8) is 0 Å². The van der Waals surface area contributed by atoms with Gasteiger partial charge in [0.15, 0.2) is 5.82 Å². The third kappa shape index (κ3) is 3.73. The molecule has 4 heterocycles. The second-order valence-electron chi connectivity index (χ2n) is 8.37. The van der Waals surface area contributed by atoms with E-state index in [2.05, 4.69) is 19.6 Å². The van der Waals surface area contributed by atoms with Crippen LogP contribution < -0.4 is 10.5 Å². The molecule has 2 aliphatic heterocycles. The van der Waals surface area contributed by atoms with Gasteiger partial charge in [0.1, 0.15) is 5.69 Å². The zero-order valence-corrected chi connectivity index (χ0v) is 19.1. The van der Waals surface area contributed by atoms with Crippen molar-refractivity contribution in [2.24, 2.45) is 0 Å². The zero-order valence-electron chi connectivity index (χ0n) is 17.4. The van der Waals surface area contributed by atoms with Crippen LogP contribution in [0, 0.1) is 13.8 Å². The van der Waals surface area contributed by atoms with Crippen LogP contribution in [0.15, 0.2) is 35.5 Å². The number of benzene rings is 1. The Morgan fingerprint density at radius 1 is 1.16 bits per heavy atom. The monoisotopic (exact) mass is 456 g/mol. The third-order valence-corrected chi connectivity index (χ3v) is 8.64. The van der Waals surface area contributed by atoms with Crippen LogP contribution in [0.25, 0.3) is 21.8 Å². The number of aromatic nitrogens is 3. The Labute approximate surface area is 185 Å². The van der Waals surface area contributed by atoms with Crippen molar-refractivity contribution in [1.82, 2.24) is 24.6 Å². The number of sulfonamides is 1. The average Bonchev–Trinajstić information content (AvgIpc) is 3.44. The Bertz CT molecular complexity index is 1260. The molecule has 3 N–H and O–H groups in total. The van der Waals surface area contributed by atoms with Crippen LogP contribution in [-0.2, 0) is 10.0 Å². The fourth-order valence-corrected chi connectivity index (χ4v) is 6.68. The van der Waals surface area contributed by atoms with Crippen molar-refractivity contribution in [3.8, 4) is 21.8 Å². The minimum absolute atomic E-state index is 0.238. The lowest BCUT2D eigenvalue weighted by Gasteiger charge is -2.26. The second-order valence-corrected chi connectivity index (χ2v) is 11.3. The largest absolute Gasteiger partial charge is 0.382 e. The highest BCUT2D eigenvalue weighted by molar-refractivity contribution is 7.89. The number of anilines is 1.